The number of nitrogens with one attached hydrogen (secondary N) is 1. The zero-order chi connectivity index (χ0) is 7.82. The maximum Gasteiger partial charge on any atom is 0.0123 e. The molecule has 10 heavy (non-hydrogen) atoms. The number of allylic oxidation sites excluding steroid dienone is 5. The van der Waals surface area contributed by atoms with Gasteiger partial charge in [-0.25, -0.2) is 0 Å². The molecule has 0 fully saturated rings. The van der Waals surface area contributed by atoms with Gasteiger partial charge in [0.2, 0.25) is 0 Å². The van der Waals surface area contributed by atoms with Crippen molar-refractivity contribution in [3.05, 3.63) is 36.1 Å². The van der Waals surface area contributed by atoms with Crippen LogP contribution < -0.4 is 11.3 Å². The van der Waals surface area contributed by atoms with Crippen LogP contribution in [-0.4, -0.2) is 0 Å². The Morgan fingerprint density at radius 1 is 1.20 bits per heavy atom. The highest BCUT2D eigenvalue weighted by Gasteiger charge is 1.67. The fourth-order valence-electron chi connectivity index (χ4n) is 0.423. The maximum atomic E-state index is 4.98. The van der Waals surface area contributed by atoms with E-state index in [1.807, 2.05) is 24.3 Å². The van der Waals surface area contributed by atoms with Crippen molar-refractivity contribution >= 4 is 0 Å². The van der Waals surface area contributed by atoms with Gasteiger partial charge in [0.15, 0.2) is 0 Å². The molecule has 0 aromatic carbocycles. The average Bonchev–Trinajstić information content (AvgIpc) is 1.87. The molecule has 0 spiro atoms. The molecule has 0 aromatic rings. The summed E-state index contributed by atoms with van der Waals surface area (Å²) in [6, 6.07) is 0. The molecular weight excluding hydrogens is 124 g/mol. The van der Waals surface area contributed by atoms with Crippen molar-refractivity contribution in [3.8, 4) is 0 Å². The second-order valence-corrected chi connectivity index (χ2v) is 2.15. The van der Waals surface area contributed by atoms with Gasteiger partial charge in [0.05, 0.1) is 0 Å². The second kappa shape index (κ2) is 6.11. The van der Waals surface area contributed by atoms with E-state index in [1.54, 1.807) is 6.20 Å². The van der Waals surface area contributed by atoms with Crippen molar-refractivity contribution in [1.29, 1.82) is 0 Å². The fraction of sp³-hybridized carbons (Fsp3) is 0.250. The number of rotatable bonds is 3. The molecule has 0 unspecified atom stereocenters. The van der Waals surface area contributed by atoms with Crippen molar-refractivity contribution in [2.24, 2.45) is 5.84 Å². The molecule has 0 aliphatic rings. The third-order valence-electron chi connectivity index (χ3n) is 0.844. The lowest BCUT2D eigenvalue weighted by molar-refractivity contribution is 0.968. The van der Waals surface area contributed by atoms with E-state index >= 15 is 0 Å². The Morgan fingerprint density at radius 3 is 2.40 bits per heavy atom. The van der Waals surface area contributed by atoms with E-state index in [9.17, 15) is 0 Å². The predicted molar refractivity (Wildman–Crippen MR) is 45.0 cm³/mol. The summed E-state index contributed by atoms with van der Waals surface area (Å²) in [4.78, 5) is 0. The minimum Gasteiger partial charge on any atom is -0.331 e. The molecular formula is C8H14N2. The van der Waals surface area contributed by atoms with Crippen LogP contribution in [0.3, 0.4) is 0 Å². The van der Waals surface area contributed by atoms with Crippen molar-refractivity contribution in [2.45, 2.75) is 13.8 Å². The fourth-order valence-corrected chi connectivity index (χ4v) is 0.423. The molecule has 0 heterocycles. The van der Waals surface area contributed by atoms with Crippen molar-refractivity contribution in [3.63, 3.8) is 0 Å². The minimum absolute atomic E-state index is 1.28. The topological polar surface area (TPSA) is 38.0 Å². The Kier molecular flexibility index (Phi) is 5.48. The first-order chi connectivity index (χ1) is 4.77. The third-order valence-corrected chi connectivity index (χ3v) is 0.844. The van der Waals surface area contributed by atoms with Crippen LogP contribution in [-0.2, 0) is 0 Å². The van der Waals surface area contributed by atoms with Crippen LogP contribution in [0.15, 0.2) is 36.1 Å². The Morgan fingerprint density at radius 2 is 1.90 bits per heavy atom. The van der Waals surface area contributed by atoms with Gasteiger partial charge in [-0.1, -0.05) is 23.8 Å². The van der Waals surface area contributed by atoms with E-state index in [1.165, 1.54) is 5.57 Å². The van der Waals surface area contributed by atoms with Crippen LogP contribution in [0.1, 0.15) is 13.8 Å². The van der Waals surface area contributed by atoms with Crippen LogP contribution in [0.4, 0.5) is 0 Å². The van der Waals surface area contributed by atoms with Crippen molar-refractivity contribution in [2.75, 3.05) is 0 Å². The highest BCUT2D eigenvalue weighted by atomic mass is 15.2. The number of hydrogen-bond acceptors (Lipinski definition) is 2. The standard InChI is InChI=1S/C8H14N2/c1-8(2)6-4-3-5-7-10-9/h3-7,10H,9H2,1-2H3/b4-3-,7-5+. The first kappa shape index (κ1) is 8.98. The highest BCUT2D eigenvalue weighted by molar-refractivity contribution is 5.13. The van der Waals surface area contributed by atoms with Gasteiger partial charge in [-0.15, -0.1) is 0 Å². The van der Waals surface area contributed by atoms with E-state index in [-0.39, 0.29) is 0 Å². The molecule has 0 saturated heterocycles. The Balaban J connectivity index is 3.57. The summed E-state index contributed by atoms with van der Waals surface area (Å²) in [5.41, 5.74) is 3.69. The molecule has 2 heteroatoms. The average molecular weight is 138 g/mol. The lowest BCUT2D eigenvalue weighted by Crippen LogP contribution is -2.12. The molecule has 0 aromatic heterocycles. The first-order valence-electron chi connectivity index (χ1n) is 3.20. The van der Waals surface area contributed by atoms with Crippen molar-refractivity contribution in [1.82, 2.24) is 5.43 Å². The van der Waals surface area contributed by atoms with Gasteiger partial charge in [-0.05, 0) is 19.9 Å². The summed E-state index contributed by atoms with van der Waals surface area (Å²) >= 11 is 0. The maximum absolute atomic E-state index is 4.98. The van der Waals surface area contributed by atoms with E-state index in [0.717, 1.165) is 0 Å². The quantitative estimate of drug-likeness (QED) is 0.352. The predicted octanol–water partition coefficient (Wildman–Crippen LogP) is 1.49. The molecule has 0 atom stereocenters. The van der Waals surface area contributed by atoms with Gasteiger partial charge < -0.3 is 5.43 Å². The van der Waals surface area contributed by atoms with Gasteiger partial charge in [0.25, 0.3) is 0 Å². The molecule has 0 rings (SSSR count). The third kappa shape index (κ3) is 6.98. The normalized spacial score (nSPS) is 10.7. The Hall–Kier alpha value is -1.02. The zero-order valence-corrected chi connectivity index (χ0v) is 6.46. The van der Waals surface area contributed by atoms with E-state index in [4.69, 9.17) is 5.84 Å². The number of nitrogens with two attached hydrogens (primary N) is 1. The first-order valence-corrected chi connectivity index (χ1v) is 3.20. The van der Waals surface area contributed by atoms with Crippen molar-refractivity contribution < 1.29 is 0 Å². The summed E-state index contributed by atoms with van der Waals surface area (Å²) in [5.74, 6) is 4.98. The summed E-state index contributed by atoms with van der Waals surface area (Å²) in [6.45, 7) is 4.10. The lowest BCUT2D eigenvalue weighted by Gasteiger charge is -1.81. The molecule has 0 aliphatic heterocycles. The number of hydrazine groups is 1. The van der Waals surface area contributed by atoms with Crippen LogP contribution >= 0.6 is 0 Å². The molecule has 2 nitrogen and oxygen atoms in total. The minimum atomic E-state index is 1.28. The van der Waals surface area contributed by atoms with Gasteiger partial charge in [0.1, 0.15) is 0 Å². The second-order valence-electron chi connectivity index (χ2n) is 2.15. The molecule has 56 valence electrons. The van der Waals surface area contributed by atoms with Crippen LogP contribution in [0, 0.1) is 0 Å². The summed E-state index contributed by atoms with van der Waals surface area (Å²) < 4.78 is 0. The van der Waals surface area contributed by atoms with Gasteiger partial charge in [-0.2, -0.15) is 0 Å². The van der Waals surface area contributed by atoms with E-state index in [0.29, 0.717) is 0 Å². The van der Waals surface area contributed by atoms with E-state index in [2.05, 4.69) is 19.3 Å². The zero-order valence-electron chi connectivity index (χ0n) is 6.46. The van der Waals surface area contributed by atoms with Crippen LogP contribution in [0.25, 0.3) is 0 Å². The number of hydrogen-bond donors (Lipinski definition) is 2. The molecule has 0 aliphatic carbocycles. The smallest absolute Gasteiger partial charge is 0.0123 e. The van der Waals surface area contributed by atoms with Gasteiger partial charge >= 0.3 is 0 Å². The summed E-state index contributed by atoms with van der Waals surface area (Å²) in [6.07, 6.45) is 9.39. The lowest BCUT2D eigenvalue weighted by atomic mass is 10.3. The highest BCUT2D eigenvalue weighted by Crippen LogP contribution is 1.88. The molecule has 0 amide bonds. The Bertz CT molecular complexity index is 151. The van der Waals surface area contributed by atoms with Gasteiger partial charge in [-0.3, -0.25) is 5.84 Å². The molecule has 0 radical (unpaired) electrons. The van der Waals surface area contributed by atoms with Crippen LogP contribution in [0.5, 0.6) is 0 Å². The molecule has 3 N–H and O–H groups in total. The van der Waals surface area contributed by atoms with Gasteiger partial charge in [0, 0.05) is 6.20 Å². The summed E-state index contributed by atoms with van der Waals surface area (Å²) in [7, 11) is 0. The summed E-state index contributed by atoms with van der Waals surface area (Å²) in [5, 5.41) is 0. The monoisotopic (exact) mass is 138 g/mol. The molecule has 0 bridgehead atoms. The van der Waals surface area contributed by atoms with Crippen LogP contribution in [0.2, 0.25) is 0 Å². The van der Waals surface area contributed by atoms with E-state index < -0.39 is 0 Å². The Labute approximate surface area is 62.1 Å². The SMILES string of the molecule is CC(C)=C/C=C\C=C\NN. The largest absolute Gasteiger partial charge is 0.331 e. The molecule has 0 saturated carbocycles.